The van der Waals surface area contributed by atoms with Gasteiger partial charge in [0.05, 0.1) is 13.0 Å². The number of nitrogens with two attached hydrogens (primary N) is 1. The van der Waals surface area contributed by atoms with E-state index in [2.05, 4.69) is 19.2 Å². The predicted octanol–water partition coefficient (Wildman–Crippen LogP) is 0.727. The fraction of sp³-hybridized carbons (Fsp3) is 0.583. The first-order valence-corrected chi connectivity index (χ1v) is 8.61. The first-order valence-electron chi connectivity index (χ1n) is 6.25. The van der Waals surface area contributed by atoms with Gasteiger partial charge in [-0.15, -0.1) is 11.3 Å². The van der Waals surface area contributed by atoms with Crippen molar-refractivity contribution in [2.75, 3.05) is 19.8 Å². The minimum absolute atomic E-state index is 0.0700. The molecular formula is C12H20N2O4S2. The summed E-state index contributed by atoms with van der Waals surface area (Å²) in [7, 11) is -3.68. The number of hydrogen-bond donors (Lipinski definition) is 2. The highest BCUT2D eigenvalue weighted by atomic mass is 32.2. The lowest BCUT2D eigenvalue weighted by molar-refractivity contribution is -0.120. The average Bonchev–Trinajstić information content (AvgIpc) is 2.76. The van der Waals surface area contributed by atoms with E-state index in [1.165, 1.54) is 6.07 Å². The Morgan fingerprint density at radius 1 is 1.45 bits per heavy atom. The monoisotopic (exact) mass is 320 g/mol. The normalized spacial score (nSPS) is 11.8. The van der Waals surface area contributed by atoms with E-state index in [0.717, 1.165) is 11.3 Å². The molecule has 0 radical (unpaired) electrons. The second-order valence-corrected chi connectivity index (χ2v) is 7.72. The number of primary sulfonamides is 1. The highest BCUT2D eigenvalue weighted by molar-refractivity contribution is 7.91. The average molecular weight is 320 g/mol. The smallest absolute Gasteiger partial charge is 0.247 e. The molecule has 0 saturated carbocycles. The van der Waals surface area contributed by atoms with Crippen LogP contribution >= 0.6 is 11.3 Å². The summed E-state index contributed by atoms with van der Waals surface area (Å²) in [5.41, 5.74) is 0. The third-order valence-corrected chi connectivity index (χ3v) is 4.80. The summed E-state index contributed by atoms with van der Waals surface area (Å²) in [5, 5.41) is 7.72. The van der Waals surface area contributed by atoms with Gasteiger partial charge in [-0.1, -0.05) is 13.8 Å². The highest BCUT2D eigenvalue weighted by Crippen LogP contribution is 2.20. The lowest BCUT2D eigenvalue weighted by Gasteiger charge is -2.07. The van der Waals surface area contributed by atoms with E-state index in [1.807, 2.05) is 0 Å². The minimum atomic E-state index is -3.68. The van der Waals surface area contributed by atoms with Crippen LogP contribution in [0.4, 0.5) is 0 Å². The van der Waals surface area contributed by atoms with Crippen LogP contribution in [0, 0.1) is 5.92 Å². The molecule has 1 aromatic heterocycles. The van der Waals surface area contributed by atoms with Gasteiger partial charge in [0.2, 0.25) is 15.9 Å². The first-order chi connectivity index (χ1) is 9.29. The molecule has 0 fully saturated rings. The Bertz CT molecular complexity index is 537. The molecular weight excluding hydrogens is 300 g/mol. The van der Waals surface area contributed by atoms with Crippen LogP contribution in [-0.2, 0) is 26.0 Å². The van der Waals surface area contributed by atoms with Gasteiger partial charge >= 0.3 is 0 Å². The number of ether oxygens (including phenoxy) is 1. The third kappa shape index (κ3) is 6.47. The molecule has 1 rings (SSSR count). The van der Waals surface area contributed by atoms with Crippen molar-refractivity contribution in [1.29, 1.82) is 0 Å². The van der Waals surface area contributed by atoms with Crippen molar-refractivity contribution in [2.24, 2.45) is 11.1 Å². The molecule has 0 aliphatic rings. The number of rotatable bonds is 8. The zero-order valence-electron chi connectivity index (χ0n) is 11.6. The van der Waals surface area contributed by atoms with Crippen LogP contribution in [-0.4, -0.2) is 34.1 Å². The maximum atomic E-state index is 11.6. The zero-order chi connectivity index (χ0) is 15.2. The molecule has 0 bridgehead atoms. The maximum absolute atomic E-state index is 11.6. The highest BCUT2D eigenvalue weighted by Gasteiger charge is 2.12. The second kappa shape index (κ2) is 7.72. The maximum Gasteiger partial charge on any atom is 0.247 e. The Morgan fingerprint density at radius 3 is 2.70 bits per heavy atom. The molecule has 20 heavy (non-hydrogen) atoms. The number of nitrogens with one attached hydrogen (secondary N) is 1. The predicted molar refractivity (Wildman–Crippen MR) is 78.1 cm³/mol. The number of carbonyl (C=O) groups excluding carboxylic acids is 1. The van der Waals surface area contributed by atoms with E-state index in [1.54, 1.807) is 6.07 Å². The Balaban J connectivity index is 2.31. The van der Waals surface area contributed by atoms with E-state index in [4.69, 9.17) is 9.88 Å². The summed E-state index contributed by atoms with van der Waals surface area (Å²) in [4.78, 5) is 12.3. The molecule has 0 unspecified atom stereocenters. The van der Waals surface area contributed by atoms with Crippen molar-refractivity contribution in [1.82, 2.24) is 5.32 Å². The molecule has 114 valence electrons. The molecule has 0 saturated heterocycles. The van der Waals surface area contributed by atoms with Crippen LogP contribution in [0.2, 0.25) is 0 Å². The van der Waals surface area contributed by atoms with Crippen molar-refractivity contribution in [3.63, 3.8) is 0 Å². The number of carbonyl (C=O) groups is 1. The molecule has 0 aliphatic carbocycles. The van der Waals surface area contributed by atoms with Crippen LogP contribution in [0.3, 0.4) is 0 Å². The zero-order valence-corrected chi connectivity index (χ0v) is 13.2. The molecule has 1 amide bonds. The Hall–Kier alpha value is -0.960. The summed E-state index contributed by atoms with van der Waals surface area (Å²) in [6.07, 6.45) is 0.143. The first kappa shape index (κ1) is 17.1. The number of thiophene rings is 1. The third-order valence-electron chi connectivity index (χ3n) is 2.27. The van der Waals surface area contributed by atoms with Crippen molar-refractivity contribution in [2.45, 2.75) is 24.5 Å². The SMILES string of the molecule is CC(C)COCCNC(=O)Cc1ccc(S(N)(=O)=O)s1. The topological polar surface area (TPSA) is 98.5 Å². The van der Waals surface area contributed by atoms with E-state index >= 15 is 0 Å². The lowest BCUT2D eigenvalue weighted by atomic mass is 10.2. The van der Waals surface area contributed by atoms with Crippen molar-refractivity contribution in [3.8, 4) is 0 Å². The Kier molecular flexibility index (Phi) is 6.60. The van der Waals surface area contributed by atoms with E-state index in [9.17, 15) is 13.2 Å². The summed E-state index contributed by atoms with van der Waals surface area (Å²) in [6, 6.07) is 3.01. The number of amides is 1. The molecule has 0 aromatic carbocycles. The lowest BCUT2D eigenvalue weighted by Crippen LogP contribution is -2.28. The molecule has 0 aliphatic heterocycles. The minimum Gasteiger partial charge on any atom is -0.379 e. The van der Waals surface area contributed by atoms with Crippen molar-refractivity contribution >= 4 is 27.3 Å². The fourth-order valence-electron chi connectivity index (χ4n) is 1.41. The van der Waals surface area contributed by atoms with Gasteiger partial charge in [-0.25, -0.2) is 13.6 Å². The molecule has 1 heterocycles. The molecule has 8 heteroatoms. The van der Waals surface area contributed by atoms with Crippen molar-refractivity contribution < 1.29 is 17.9 Å². The Labute approximate surface area is 123 Å². The van der Waals surface area contributed by atoms with Crippen LogP contribution in [0.1, 0.15) is 18.7 Å². The van der Waals surface area contributed by atoms with E-state index in [-0.39, 0.29) is 16.5 Å². The van der Waals surface area contributed by atoms with Gasteiger partial charge in [0.1, 0.15) is 4.21 Å². The van der Waals surface area contributed by atoms with E-state index < -0.39 is 10.0 Å². The molecule has 0 atom stereocenters. The van der Waals surface area contributed by atoms with Gasteiger partial charge in [-0.3, -0.25) is 4.79 Å². The van der Waals surface area contributed by atoms with Crippen molar-refractivity contribution in [3.05, 3.63) is 17.0 Å². The summed E-state index contributed by atoms with van der Waals surface area (Å²) in [6.45, 7) is 5.69. The van der Waals surface area contributed by atoms with Crippen LogP contribution < -0.4 is 10.5 Å². The summed E-state index contributed by atoms with van der Waals surface area (Å²) >= 11 is 1.01. The van der Waals surface area contributed by atoms with Gasteiger partial charge < -0.3 is 10.1 Å². The Morgan fingerprint density at radius 2 is 2.15 bits per heavy atom. The molecule has 0 spiro atoms. The quantitative estimate of drug-likeness (QED) is 0.690. The standard InChI is InChI=1S/C12H20N2O4S2/c1-9(2)8-18-6-5-14-11(15)7-10-3-4-12(19-10)20(13,16)17/h3-4,9H,5-8H2,1-2H3,(H,14,15)(H2,13,16,17). The molecule has 1 aromatic rings. The van der Waals surface area contributed by atoms with Crippen LogP contribution in [0.15, 0.2) is 16.3 Å². The summed E-state index contributed by atoms with van der Waals surface area (Å²) in [5.74, 6) is 0.300. The van der Waals surface area contributed by atoms with Gasteiger partial charge in [0.25, 0.3) is 0 Å². The second-order valence-electron chi connectivity index (χ2n) is 4.76. The van der Waals surface area contributed by atoms with Gasteiger partial charge in [0.15, 0.2) is 0 Å². The van der Waals surface area contributed by atoms with E-state index in [0.29, 0.717) is 30.6 Å². The van der Waals surface area contributed by atoms with Crippen LogP contribution in [0.25, 0.3) is 0 Å². The largest absolute Gasteiger partial charge is 0.379 e. The van der Waals surface area contributed by atoms with Gasteiger partial charge in [-0.2, -0.15) is 0 Å². The van der Waals surface area contributed by atoms with Crippen LogP contribution in [0.5, 0.6) is 0 Å². The summed E-state index contributed by atoms with van der Waals surface area (Å²) < 4.78 is 27.6. The van der Waals surface area contributed by atoms with Gasteiger partial charge in [-0.05, 0) is 18.1 Å². The van der Waals surface area contributed by atoms with Gasteiger partial charge in [0, 0.05) is 18.0 Å². The number of sulfonamides is 1. The molecule has 6 nitrogen and oxygen atoms in total. The molecule has 3 N–H and O–H groups in total. The number of hydrogen-bond acceptors (Lipinski definition) is 5. The fourth-order valence-corrected chi connectivity index (χ4v) is 3.19.